The van der Waals surface area contributed by atoms with Crippen LogP contribution in [0.5, 0.6) is 0 Å². The summed E-state index contributed by atoms with van der Waals surface area (Å²) >= 11 is 0. The first-order valence-electron chi connectivity index (χ1n) is 20.5. The van der Waals surface area contributed by atoms with E-state index in [2.05, 4.69) is 241 Å². The minimum atomic E-state index is 0.975. The number of nitrogens with zero attached hydrogens (tertiary/aromatic N) is 1. The molecule has 0 aromatic heterocycles. The number of nitrogens with one attached hydrogen (secondary N) is 1. The number of anilines is 4. The summed E-state index contributed by atoms with van der Waals surface area (Å²) in [6.45, 7) is 4.43. The SMILES string of the molecule is C=C1/C=C\C=C/N(c2ccccc2)c2cc(-c3ccccc3Nc3c4ccccc4c(-c4ccc(-c5cc6ccccc6c6ccccc56)cc4)c4ccccc34)ccc21. The van der Waals surface area contributed by atoms with Gasteiger partial charge in [-0.2, -0.15) is 0 Å². The van der Waals surface area contributed by atoms with Crippen molar-refractivity contribution in [1.82, 2.24) is 0 Å². The second-order valence-electron chi connectivity index (χ2n) is 15.4. The predicted molar refractivity (Wildman–Crippen MR) is 258 cm³/mol. The van der Waals surface area contributed by atoms with Gasteiger partial charge in [-0.1, -0.05) is 189 Å². The second-order valence-corrected chi connectivity index (χ2v) is 15.4. The highest BCUT2D eigenvalue weighted by atomic mass is 15.1. The number of rotatable bonds is 6. The minimum absolute atomic E-state index is 0.975. The van der Waals surface area contributed by atoms with Gasteiger partial charge in [-0.25, -0.2) is 0 Å². The molecule has 10 aromatic rings. The molecule has 0 amide bonds. The van der Waals surface area contributed by atoms with Gasteiger partial charge in [0.15, 0.2) is 0 Å². The van der Waals surface area contributed by atoms with E-state index < -0.39 is 0 Å². The van der Waals surface area contributed by atoms with Crippen molar-refractivity contribution in [2.75, 3.05) is 10.2 Å². The molecule has 1 aliphatic rings. The van der Waals surface area contributed by atoms with Gasteiger partial charge in [-0.3, -0.25) is 0 Å². The molecule has 0 radical (unpaired) electrons. The zero-order valence-corrected chi connectivity index (χ0v) is 33.0. The van der Waals surface area contributed by atoms with Gasteiger partial charge >= 0.3 is 0 Å². The maximum absolute atomic E-state index is 4.43. The average Bonchev–Trinajstić information content (AvgIpc) is 3.31. The molecule has 1 N–H and O–H groups in total. The second kappa shape index (κ2) is 14.8. The quantitative estimate of drug-likeness (QED) is 0.134. The maximum Gasteiger partial charge on any atom is 0.0544 e. The van der Waals surface area contributed by atoms with Crippen LogP contribution in [-0.4, -0.2) is 0 Å². The Bertz CT molecular complexity index is 3300. The molecule has 60 heavy (non-hydrogen) atoms. The molecule has 11 rings (SSSR count). The standard InChI is InChI=1S/C58H40N2/c1-39-17-15-16-36-60(44-19-3-2-4-20-44)56-38-43(34-35-45(39)56)47-22-13-14-29-55(47)59-58-52-27-11-9-25-50(52)57(51-26-10-12-28-53(51)58)41-32-30-40(31-33-41)54-37-42-18-5-6-21-46(42)48-23-7-8-24-49(48)54/h2-38,59H,1H2/b17-15-,36-16-. The summed E-state index contributed by atoms with van der Waals surface area (Å²) in [6, 6.07) is 72.5. The van der Waals surface area contributed by atoms with Crippen molar-refractivity contribution >= 4 is 71.4 Å². The summed E-state index contributed by atoms with van der Waals surface area (Å²) in [7, 11) is 0. The van der Waals surface area contributed by atoms with Gasteiger partial charge in [0, 0.05) is 39.5 Å². The predicted octanol–water partition coefficient (Wildman–Crippen LogP) is 16.3. The zero-order chi connectivity index (χ0) is 40.0. The number of para-hydroxylation sites is 2. The fourth-order valence-corrected chi connectivity index (χ4v) is 9.12. The van der Waals surface area contributed by atoms with Crippen LogP contribution in [0.1, 0.15) is 5.56 Å². The first-order valence-corrected chi connectivity index (χ1v) is 20.5. The van der Waals surface area contributed by atoms with E-state index in [-0.39, 0.29) is 0 Å². The van der Waals surface area contributed by atoms with E-state index in [4.69, 9.17) is 0 Å². The molecular weight excluding hydrogens is 725 g/mol. The summed E-state index contributed by atoms with van der Waals surface area (Å²) < 4.78 is 0. The summed E-state index contributed by atoms with van der Waals surface area (Å²) in [5, 5.41) is 13.8. The molecule has 0 unspecified atom stereocenters. The van der Waals surface area contributed by atoms with Crippen LogP contribution in [0.15, 0.2) is 231 Å². The van der Waals surface area contributed by atoms with Crippen LogP contribution < -0.4 is 10.2 Å². The number of allylic oxidation sites excluding steroid dienone is 4. The first kappa shape index (κ1) is 35.2. The van der Waals surface area contributed by atoms with Crippen LogP contribution in [0.25, 0.3) is 82.0 Å². The third kappa shape index (κ3) is 6.06. The summed E-state index contributed by atoms with van der Waals surface area (Å²) in [4.78, 5) is 2.25. The van der Waals surface area contributed by atoms with E-state index >= 15 is 0 Å². The number of fused-ring (bicyclic) bond motifs is 6. The molecule has 1 heterocycles. The van der Waals surface area contributed by atoms with Crippen LogP contribution in [0, 0.1) is 0 Å². The van der Waals surface area contributed by atoms with Gasteiger partial charge in [-0.15, -0.1) is 0 Å². The third-order valence-corrected chi connectivity index (χ3v) is 12.0. The van der Waals surface area contributed by atoms with Gasteiger partial charge in [0.05, 0.1) is 11.4 Å². The smallest absolute Gasteiger partial charge is 0.0544 e. The summed E-state index contributed by atoms with van der Waals surface area (Å²) in [6.07, 6.45) is 8.33. The van der Waals surface area contributed by atoms with Crippen LogP contribution >= 0.6 is 0 Å². The molecule has 0 bridgehead atoms. The Balaban J connectivity index is 1.03. The lowest BCUT2D eigenvalue weighted by Gasteiger charge is -2.26. The Morgan fingerprint density at radius 1 is 0.400 bits per heavy atom. The van der Waals surface area contributed by atoms with Crippen LogP contribution in [0.4, 0.5) is 22.7 Å². The Hall–Kier alpha value is -7.94. The molecule has 1 aliphatic heterocycles. The average molecular weight is 765 g/mol. The number of hydrogen-bond donors (Lipinski definition) is 1. The lowest BCUT2D eigenvalue weighted by atomic mass is 9.88. The van der Waals surface area contributed by atoms with E-state index in [1.54, 1.807) is 0 Å². The lowest BCUT2D eigenvalue weighted by molar-refractivity contribution is 1.27. The van der Waals surface area contributed by atoms with Crippen molar-refractivity contribution in [1.29, 1.82) is 0 Å². The van der Waals surface area contributed by atoms with Gasteiger partial charge in [0.2, 0.25) is 0 Å². The molecule has 2 nitrogen and oxygen atoms in total. The van der Waals surface area contributed by atoms with E-state index in [1.807, 2.05) is 0 Å². The Morgan fingerprint density at radius 3 is 1.73 bits per heavy atom. The molecule has 0 atom stereocenters. The zero-order valence-electron chi connectivity index (χ0n) is 33.0. The van der Waals surface area contributed by atoms with Gasteiger partial charge in [0.25, 0.3) is 0 Å². The molecule has 0 spiro atoms. The molecule has 0 aliphatic carbocycles. The molecule has 282 valence electrons. The highest BCUT2D eigenvalue weighted by Crippen LogP contribution is 2.46. The monoisotopic (exact) mass is 764 g/mol. The Labute approximate surface area is 350 Å². The van der Waals surface area contributed by atoms with Crippen LogP contribution in [-0.2, 0) is 0 Å². The normalized spacial score (nSPS) is 13.6. The Kier molecular flexibility index (Phi) is 8.68. The summed E-state index contributed by atoms with van der Waals surface area (Å²) in [5.74, 6) is 0. The highest BCUT2D eigenvalue weighted by molar-refractivity contribution is 6.21. The lowest BCUT2D eigenvalue weighted by Crippen LogP contribution is -2.11. The van der Waals surface area contributed by atoms with Crippen molar-refractivity contribution in [3.05, 3.63) is 237 Å². The highest BCUT2D eigenvalue weighted by Gasteiger charge is 2.20. The van der Waals surface area contributed by atoms with Crippen molar-refractivity contribution in [3.63, 3.8) is 0 Å². The number of hydrogen-bond acceptors (Lipinski definition) is 2. The topological polar surface area (TPSA) is 15.3 Å². The first-order chi connectivity index (χ1) is 29.7. The minimum Gasteiger partial charge on any atom is -0.354 e. The molecule has 0 fully saturated rings. The van der Waals surface area contributed by atoms with Gasteiger partial charge in [-0.05, 0) is 102 Å². The van der Waals surface area contributed by atoms with E-state index in [1.165, 1.54) is 65.3 Å². The third-order valence-electron chi connectivity index (χ3n) is 12.0. The fraction of sp³-hybridized carbons (Fsp3) is 0. The number of benzene rings is 10. The van der Waals surface area contributed by atoms with Crippen molar-refractivity contribution in [3.8, 4) is 33.4 Å². The van der Waals surface area contributed by atoms with E-state index in [0.29, 0.717) is 0 Å². The van der Waals surface area contributed by atoms with Gasteiger partial charge < -0.3 is 10.2 Å². The van der Waals surface area contributed by atoms with Crippen molar-refractivity contribution in [2.24, 2.45) is 0 Å². The van der Waals surface area contributed by atoms with E-state index in [9.17, 15) is 0 Å². The van der Waals surface area contributed by atoms with Crippen LogP contribution in [0.3, 0.4) is 0 Å². The van der Waals surface area contributed by atoms with Crippen LogP contribution in [0.2, 0.25) is 0 Å². The Morgan fingerprint density at radius 2 is 0.983 bits per heavy atom. The molecule has 0 saturated heterocycles. The molecule has 10 aromatic carbocycles. The van der Waals surface area contributed by atoms with Gasteiger partial charge in [0.1, 0.15) is 0 Å². The maximum atomic E-state index is 4.43. The molecular formula is C58H40N2. The largest absolute Gasteiger partial charge is 0.354 e. The fourth-order valence-electron chi connectivity index (χ4n) is 9.12. The van der Waals surface area contributed by atoms with Crippen molar-refractivity contribution in [2.45, 2.75) is 0 Å². The summed E-state index contributed by atoms with van der Waals surface area (Å²) in [5.41, 5.74) is 13.5. The molecule has 0 saturated carbocycles. The van der Waals surface area contributed by atoms with Crippen molar-refractivity contribution < 1.29 is 0 Å². The van der Waals surface area contributed by atoms with E-state index in [0.717, 1.165) is 45.0 Å². The molecule has 2 heteroatoms.